The van der Waals surface area contributed by atoms with E-state index in [9.17, 15) is 5.26 Å². The minimum absolute atomic E-state index is 0.0998. The Kier molecular flexibility index (Phi) is 3.56. The van der Waals surface area contributed by atoms with Crippen molar-refractivity contribution in [2.24, 2.45) is 5.41 Å². The molecule has 1 aromatic carbocycles. The van der Waals surface area contributed by atoms with Crippen LogP contribution < -0.4 is 0 Å². The highest BCUT2D eigenvalue weighted by Crippen LogP contribution is 2.38. The molecule has 1 aliphatic rings. The summed E-state index contributed by atoms with van der Waals surface area (Å²) in [5, 5.41) is 9.43. The summed E-state index contributed by atoms with van der Waals surface area (Å²) < 4.78 is 0. The van der Waals surface area contributed by atoms with Crippen molar-refractivity contribution >= 4 is 11.8 Å². The number of benzene rings is 1. The first-order valence-electron chi connectivity index (χ1n) is 5.77. The van der Waals surface area contributed by atoms with Gasteiger partial charge in [-0.05, 0) is 48.8 Å². The average molecular weight is 231 g/mol. The van der Waals surface area contributed by atoms with Gasteiger partial charge in [-0.2, -0.15) is 17.0 Å². The number of nitriles is 1. The van der Waals surface area contributed by atoms with Crippen LogP contribution in [0.4, 0.5) is 0 Å². The Balaban J connectivity index is 2.19. The summed E-state index contributed by atoms with van der Waals surface area (Å²) in [6.45, 7) is 0. The minimum Gasteiger partial charge on any atom is -0.198 e. The van der Waals surface area contributed by atoms with Crippen molar-refractivity contribution in [2.75, 3.05) is 12.0 Å². The fraction of sp³-hybridized carbons (Fsp3) is 0.500. The maximum atomic E-state index is 9.43. The molecule has 0 saturated heterocycles. The van der Waals surface area contributed by atoms with Crippen LogP contribution in [-0.2, 0) is 12.8 Å². The van der Waals surface area contributed by atoms with E-state index in [-0.39, 0.29) is 5.41 Å². The van der Waals surface area contributed by atoms with Crippen molar-refractivity contribution in [3.05, 3.63) is 35.4 Å². The number of aryl methyl sites for hydroxylation is 1. The number of rotatable bonds is 3. The molecule has 0 saturated carbocycles. The van der Waals surface area contributed by atoms with Crippen LogP contribution in [0.3, 0.4) is 0 Å². The van der Waals surface area contributed by atoms with Crippen LogP contribution in [0.15, 0.2) is 24.3 Å². The molecule has 2 heteroatoms. The molecule has 0 aliphatic heterocycles. The van der Waals surface area contributed by atoms with Crippen molar-refractivity contribution in [3.8, 4) is 6.07 Å². The molecule has 0 radical (unpaired) electrons. The van der Waals surface area contributed by atoms with E-state index in [4.69, 9.17) is 0 Å². The lowest BCUT2D eigenvalue weighted by Gasteiger charge is -2.32. The Bertz CT molecular complexity index is 407. The van der Waals surface area contributed by atoms with E-state index >= 15 is 0 Å². The molecule has 1 nitrogen and oxygen atoms in total. The summed E-state index contributed by atoms with van der Waals surface area (Å²) in [6.07, 6.45) is 6.18. The predicted molar refractivity (Wildman–Crippen MR) is 69.5 cm³/mol. The van der Waals surface area contributed by atoms with E-state index < -0.39 is 0 Å². The molecule has 2 rings (SSSR count). The smallest absolute Gasteiger partial charge is 0.0693 e. The average Bonchev–Trinajstić information content (AvgIpc) is 2.36. The largest absolute Gasteiger partial charge is 0.198 e. The zero-order valence-corrected chi connectivity index (χ0v) is 10.5. The van der Waals surface area contributed by atoms with Gasteiger partial charge >= 0.3 is 0 Å². The van der Waals surface area contributed by atoms with Gasteiger partial charge in [0.15, 0.2) is 0 Å². The van der Waals surface area contributed by atoms with E-state index in [0.29, 0.717) is 0 Å². The highest BCUT2D eigenvalue weighted by atomic mass is 32.2. The molecule has 0 spiro atoms. The Morgan fingerprint density at radius 3 is 2.81 bits per heavy atom. The van der Waals surface area contributed by atoms with Crippen molar-refractivity contribution in [1.82, 2.24) is 0 Å². The van der Waals surface area contributed by atoms with Gasteiger partial charge in [-0.3, -0.25) is 0 Å². The monoisotopic (exact) mass is 231 g/mol. The molecule has 0 aromatic heterocycles. The molecular formula is C14H17NS. The van der Waals surface area contributed by atoms with E-state index in [2.05, 4.69) is 36.6 Å². The van der Waals surface area contributed by atoms with Gasteiger partial charge in [0.05, 0.1) is 11.5 Å². The van der Waals surface area contributed by atoms with Gasteiger partial charge in [0.2, 0.25) is 0 Å². The fourth-order valence-electron chi connectivity index (χ4n) is 2.46. The summed E-state index contributed by atoms with van der Waals surface area (Å²) in [6, 6.07) is 11.1. The normalized spacial score (nSPS) is 23.5. The molecule has 84 valence electrons. The first kappa shape index (κ1) is 11.5. The van der Waals surface area contributed by atoms with Crippen LogP contribution in [0.1, 0.15) is 24.0 Å². The third kappa shape index (κ3) is 2.25. The number of thioether (sulfide) groups is 1. The second-order valence-corrected chi connectivity index (χ2v) is 5.57. The molecule has 1 aromatic rings. The predicted octanol–water partition coefficient (Wildman–Crippen LogP) is 3.44. The van der Waals surface area contributed by atoms with Crippen molar-refractivity contribution in [1.29, 1.82) is 5.26 Å². The van der Waals surface area contributed by atoms with Crippen LogP contribution in [0.5, 0.6) is 0 Å². The SMILES string of the molecule is CSCCC1(C#N)CCc2ccccc2C1. The Morgan fingerprint density at radius 1 is 1.38 bits per heavy atom. The van der Waals surface area contributed by atoms with Crippen molar-refractivity contribution in [2.45, 2.75) is 25.7 Å². The third-order valence-corrected chi connectivity index (χ3v) is 4.15. The lowest BCUT2D eigenvalue weighted by atomic mass is 9.71. The quantitative estimate of drug-likeness (QED) is 0.795. The fourth-order valence-corrected chi connectivity index (χ4v) is 3.06. The highest BCUT2D eigenvalue weighted by molar-refractivity contribution is 7.98. The molecule has 1 unspecified atom stereocenters. The van der Waals surface area contributed by atoms with Crippen LogP contribution in [0.25, 0.3) is 0 Å². The molecular weight excluding hydrogens is 214 g/mol. The first-order valence-corrected chi connectivity index (χ1v) is 7.16. The van der Waals surface area contributed by atoms with Gasteiger partial charge < -0.3 is 0 Å². The third-order valence-electron chi connectivity index (χ3n) is 3.54. The maximum Gasteiger partial charge on any atom is 0.0693 e. The molecule has 0 fully saturated rings. The second-order valence-electron chi connectivity index (χ2n) is 4.58. The number of nitrogens with zero attached hydrogens (tertiary/aromatic N) is 1. The number of fused-ring (bicyclic) bond motifs is 1. The van der Waals surface area contributed by atoms with E-state index in [1.165, 1.54) is 11.1 Å². The van der Waals surface area contributed by atoms with E-state index in [0.717, 1.165) is 31.4 Å². The lowest BCUT2D eigenvalue weighted by molar-refractivity contribution is 0.332. The Morgan fingerprint density at radius 2 is 2.12 bits per heavy atom. The Labute approximate surface area is 102 Å². The van der Waals surface area contributed by atoms with E-state index in [1.807, 2.05) is 11.8 Å². The molecule has 16 heavy (non-hydrogen) atoms. The van der Waals surface area contributed by atoms with Crippen molar-refractivity contribution in [3.63, 3.8) is 0 Å². The highest BCUT2D eigenvalue weighted by Gasteiger charge is 2.33. The van der Waals surface area contributed by atoms with Gasteiger partial charge in [-0.25, -0.2) is 0 Å². The van der Waals surface area contributed by atoms with Gasteiger partial charge in [-0.1, -0.05) is 24.3 Å². The zero-order valence-electron chi connectivity index (χ0n) is 9.70. The zero-order chi connectivity index (χ0) is 11.4. The first-order chi connectivity index (χ1) is 7.79. The number of hydrogen-bond acceptors (Lipinski definition) is 2. The summed E-state index contributed by atoms with van der Waals surface area (Å²) in [5.41, 5.74) is 2.73. The molecule has 1 aliphatic carbocycles. The van der Waals surface area contributed by atoms with Gasteiger partial charge in [0.1, 0.15) is 0 Å². The van der Waals surface area contributed by atoms with Gasteiger partial charge in [0.25, 0.3) is 0 Å². The molecule has 0 N–H and O–H groups in total. The summed E-state index contributed by atoms with van der Waals surface area (Å²) in [7, 11) is 0. The number of hydrogen-bond donors (Lipinski definition) is 0. The standard InChI is InChI=1S/C14H17NS/c1-16-9-8-14(11-15)7-6-12-4-2-3-5-13(12)10-14/h2-5H,6-10H2,1H3. The van der Waals surface area contributed by atoms with Crippen LogP contribution in [-0.4, -0.2) is 12.0 Å². The molecule has 1 atom stereocenters. The molecule has 0 bridgehead atoms. The molecule has 0 heterocycles. The topological polar surface area (TPSA) is 23.8 Å². The van der Waals surface area contributed by atoms with Crippen LogP contribution in [0.2, 0.25) is 0 Å². The Hall–Kier alpha value is -0.940. The summed E-state index contributed by atoms with van der Waals surface area (Å²) in [5.74, 6) is 1.09. The summed E-state index contributed by atoms with van der Waals surface area (Å²) >= 11 is 1.84. The minimum atomic E-state index is -0.0998. The van der Waals surface area contributed by atoms with E-state index in [1.54, 1.807) is 0 Å². The van der Waals surface area contributed by atoms with Gasteiger partial charge in [0, 0.05) is 0 Å². The van der Waals surface area contributed by atoms with Gasteiger partial charge in [-0.15, -0.1) is 0 Å². The van der Waals surface area contributed by atoms with Crippen LogP contribution in [0, 0.1) is 16.7 Å². The van der Waals surface area contributed by atoms with Crippen molar-refractivity contribution < 1.29 is 0 Å². The lowest BCUT2D eigenvalue weighted by Crippen LogP contribution is -2.28. The summed E-state index contributed by atoms with van der Waals surface area (Å²) in [4.78, 5) is 0. The van der Waals surface area contributed by atoms with Crippen LogP contribution >= 0.6 is 11.8 Å². The molecule has 0 amide bonds. The second kappa shape index (κ2) is 4.93. The maximum absolute atomic E-state index is 9.43.